The molecule has 4 aromatic rings. The number of rotatable bonds is 4. The van der Waals surface area contributed by atoms with Gasteiger partial charge in [0.15, 0.2) is 5.82 Å². The first-order chi connectivity index (χ1) is 11.7. The Labute approximate surface area is 139 Å². The van der Waals surface area contributed by atoms with Gasteiger partial charge in [-0.2, -0.15) is 9.61 Å². The number of ether oxygens (including phenoxy) is 1. The van der Waals surface area contributed by atoms with E-state index >= 15 is 0 Å². The highest BCUT2D eigenvalue weighted by molar-refractivity contribution is 7.18. The molecule has 0 saturated carbocycles. The Morgan fingerprint density at radius 2 is 2.25 bits per heavy atom. The molecule has 8 nitrogen and oxygen atoms in total. The molecule has 0 aliphatic carbocycles. The van der Waals surface area contributed by atoms with Crippen LogP contribution in [0.15, 0.2) is 41.5 Å². The van der Waals surface area contributed by atoms with Crippen LogP contribution in [-0.2, 0) is 6.42 Å². The van der Waals surface area contributed by atoms with Crippen LogP contribution in [0.5, 0.6) is 10.9 Å². The van der Waals surface area contributed by atoms with E-state index in [1.54, 1.807) is 6.07 Å². The third-order valence-corrected chi connectivity index (χ3v) is 4.16. The van der Waals surface area contributed by atoms with Crippen molar-refractivity contribution in [3.05, 3.63) is 52.7 Å². The Bertz CT molecular complexity index is 1050. The molecule has 0 unspecified atom stereocenters. The molecule has 0 atom stereocenters. The van der Waals surface area contributed by atoms with Crippen LogP contribution in [0.25, 0.3) is 16.3 Å². The van der Waals surface area contributed by atoms with Crippen LogP contribution in [0.2, 0.25) is 0 Å². The highest BCUT2D eigenvalue weighted by Gasteiger charge is 2.11. The number of aromatic nitrogens is 6. The second-order valence-corrected chi connectivity index (χ2v) is 5.88. The van der Waals surface area contributed by atoms with Gasteiger partial charge in [0.05, 0.1) is 0 Å². The first-order valence-corrected chi connectivity index (χ1v) is 8.08. The van der Waals surface area contributed by atoms with Gasteiger partial charge in [0, 0.05) is 17.3 Å². The summed E-state index contributed by atoms with van der Waals surface area (Å²) in [6.45, 7) is 1.95. The highest BCUT2D eigenvalue weighted by Crippen LogP contribution is 2.28. The molecule has 0 saturated heterocycles. The van der Waals surface area contributed by atoms with Crippen LogP contribution in [0.4, 0.5) is 0 Å². The molecule has 0 fully saturated rings. The number of aryl methyl sites for hydroxylation is 1. The lowest BCUT2D eigenvalue weighted by atomic mass is 10.2. The molecule has 0 bridgehead atoms. The number of benzene rings is 1. The van der Waals surface area contributed by atoms with Crippen molar-refractivity contribution in [2.75, 3.05) is 0 Å². The van der Waals surface area contributed by atoms with Crippen molar-refractivity contribution in [3.8, 4) is 22.3 Å². The van der Waals surface area contributed by atoms with Gasteiger partial charge < -0.3 is 4.74 Å². The second-order valence-electron chi connectivity index (χ2n) is 4.97. The standard InChI is InChI=1S/C15H12N6O2S/c1-2-10-7-12(22)21-14(18-10)24-15(20-21)23-11-5-3-4-9(6-11)13-16-8-17-19-13/h3-8H,2H2,1H3,(H,16,17,19). The summed E-state index contributed by atoms with van der Waals surface area (Å²) in [5, 5.41) is 11.2. The predicted octanol–water partition coefficient (Wildman–Crippen LogP) is 2.29. The van der Waals surface area contributed by atoms with Gasteiger partial charge in [0.1, 0.15) is 12.1 Å². The molecule has 0 amide bonds. The lowest BCUT2D eigenvalue weighted by molar-refractivity contribution is 0.469. The van der Waals surface area contributed by atoms with Crippen molar-refractivity contribution in [2.45, 2.75) is 13.3 Å². The van der Waals surface area contributed by atoms with Gasteiger partial charge in [0.25, 0.3) is 10.8 Å². The monoisotopic (exact) mass is 340 g/mol. The average molecular weight is 340 g/mol. The molecule has 1 aromatic carbocycles. The van der Waals surface area contributed by atoms with Crippen LogP contribution in [0, 0.1) is 0 Å². The summed E-state index contributed by atoms with van der Waals surface area (Å²) in [5.74, 6) is 1.24. The molecule has 0 aliphatic rings. The normalized spacial score (nSPS) is 11.0. The van der Waals surface area contributed by atoms with Crippen molar-refractivity contribution in [1.82, 2.24) is 29.8 Å². The number of H-pyrrole nitrogens is 1. The minimum atomic E-state index is -0.210. The fourth-order valence-corrected chi connectivity index (χ4v) is 3.01. The highest BCUT2D eigenvalue weighted by atomic mass is 32.1. The quantitative estimate of drug-likeness (QED) is 0.612. The largest absolute Gasteiger partial charge is 0.430 e. The third kappa shape index (κ3) is 2.65. The summed E-state index contributed by atoms with van der Waals surface area (Å²) in [4.78, 5) is 21.0. The molecule has 0 spiro atoms. The van der Waals surface area contributed by atoms with Crippen LogP contribution < -0.4 is 10.3 Å². The van der Waals surface area contributed by atoms with Gasteiger partial charge in [-0.1, -0.05) is 19.1 Å². The minimum Gasteiger partial charge on any atom is -0.430 e. The van der Waals surface area contributed by atoms with Crippen LogP contribution in [-0.4, -0.2) is 29.8 Å². The maximum Gasteiger partial charge on any atom is 0.299 e. The SMILES string of the molecule is CCc1cc(=O)n2nc(Oc3cccc(-c4ncn[nH]4)c3)sc2n1. The molecule has 3 heterocycles. The van der Waals surface area contributed by atoms with Crippen LogP contribution in [0.3, 0.4) is 0 Å². The van der Waals surface area contributed by atoms with Gasteiger partial charge in [-0.3, -0.25) is 9.89 Å². The molecular weight excluding hydrogens is 328 g/mol. The summed E-state index contributed by atoms with van der Waals surface area (Å²) in [5.41, 5.74) is 1.37. The summed E-state index contributed by atoms with van der Waals surface area (Å²) in [6.07, 6.45) is 2.14. The smallest absolute Gasteiger partial charge is 0.299 e. The van der Waals surface area contributed by atoms with Crippen molar-refractivity contribution < 1.29 is 4.74 Å². The molecule has 1 N–H and O–H groups in total. The van der Waals surface area contributed by atoms with Gasteiger partial charge >= 0.3 is 0 Å². The molecule has 120 valence electrons. The van der Waals surface area contributed by atoms with Gasteiger partial charge in [-0.05, 0) is 29.9 Å². The molecule has 3 aromatic heterocycles. The van der Waals surface area contributed by atoms with E-state index in [2.05, 4.69) is 25.3 Å². The summed E-state index contributed by atoms with van der Waals surface area (Å²) < 4.78 is 7.03. The summed E-state index contributed by atoms with van der Waals surface area (Å²) in [6, 6.07) is 8.85. The summed E-state index contributed by atoms with van der Waals surface area (Å²) in [7, 11) is 0. The fourth-order valence-electron chi connectivity index (χ4n) is 2.21. The van der Waals surface area contributed by atoms with Crippen molar-refractivity contribution >= 4 is 16.3 Å². The van der Waals surface area contributed by atoms with Gasteiger partial charge in [0.2, 0.25) is 4.96 Å². The second kappa shape index (κ2) is 5.85. The zero-order valence-electron chi connectivity index (χ0n) is 12.6. The first-order valence-electron chi connectivity index (χ1n) is 7.26. The minimum absolute atomic E-state index is 0.210. The summed E-state index contributed by atoms with van der Waals surface area (Å²) >= 11 is 1.22. The zero-order valence-corrected chi connectivity index (χ0v) is 13.4. The number of hydrogen-bond acceptors (Lipinski definition) is 7. The van der Waals surface area contributed by atoms with E-state index in [0.717, 1.165) is 11.3 Å². The van der Waals surface area contributed by atoms with E-state index in [1.165, 1.54) is 28.2 Å². The Morgan fingerprint density at radius 1 is 1.33 bits per heavy atom. The molecule has 9 heteroatoms. The molecular formula is C15H12N6O2S. The fraction of sp³-hybridized carbons (Fsp3) is 0.133. The molecule has 0 radical (unpaired) electrons. The van der Waals surface area contributed by atoms with Crippen molar-refractivity contribution in [3.63, 3.8) is 0 Å². The van der Waals surface area contributed by atoms with Crippen molar-refractivity contribution in [2.24, 2.45) is 0 Å². The topological polar surface area (TPSA) is 98.1 Å². The maximum absolute atomic E-state index is 12.0. The molecule has 4 rings (SSSR count). The van der Waals surface area contributed by atoms with E-state index in [1.807, 2.05) is 25.1 Å². The number of fused-ring (bicyclic) bond motifs is 1. The maximum atomic E-state index is 12.0. The van der Waals surface area contributed by atoms with Gasteiger partial charge in [-0.15, -0.1) is 5.10 Å². The first kappa shape index (κ1) is 14.5. The lowest BCUT2D eigenvalue weighted by Crippen LogP contribution is -2.14. The van der Waals surface area contributed by atoms with E-state index in [0.29, 0.717) is 28.1 Å². The predicted molar refractivity (Wildman–Crippen MR) is 88.4 cm³/mol. The van der Waals surface area contributed by atoms with Crippen molar-refractivity contribution in [1.29, 1.82) is 0 Å². The van der Waals surface area contributed by atoms with E-state index < -0.39 is 0 Å². The van der Waals surface area contributed by atoms with E-state index in [-0.39, 0.29) is 5.56 Å². The van der Waals surface area contributed by atoms with E-state index in [9.17, 15) is 4.79 Å². The Balaban J connectivity index is 1.68. The number of aromatic amines is 1. The molecule has 24 heavy (non-hydrogen) atoms. The van der Waals surface area contributed by atoms with Crippen LogP contribution in [0.1, 0.15) is 12.6 Å². The van der Waals surface area contributed by atoms with Crippen LogP contribution >= 0.6 is 11.3 Å². The average Bonchev–Trinajstić information content (AvgIpc) is 3.24. The molecule has 0 aliphatic heterocycles. The number of nitrogens with zero attached hydrogens (tertiary/aromatic N) is 5. The third-order valence-electron chi connectivity index (χ3n) is 3.37. The Morgan fingerprint density at radius 3 is 3.04 bits per heavy atom. The van der Waals surface area contributed by atoms with Gasteiger partial charge in [-0.25, -0.2) is 9.97 Å². The zero-order chi connectivity index (χ0) is 16.5. The Hall–Kier alpha value is -3.07. The van der Waals surface area contributed by atoms with E-state index in [4.69, 9.17) is 4.74 Å². The Kier molecular flexibility index (Phi) is 3.54. The number of nitrogens with one attached hydrogen (secondary N) is 1. The lowest BCUT2D eigenvalue weighted by Gasteiger charge is -2.02. The number of hydrogen-bond donors (Lipinski definition) is 1.